The van der Waals surface area contributed by atoms with E-state index >= 15 is 0 Å². The second kappa shape index (κ2) is 3.70. The normalized spacial score (nSPS) is 38.0. The molecule has 0 saturated heterocycles. The smallest absolute Gasteiger partial charge is 0.227 e. The summed E-state index contributed by atoms with van der Waals surface area (Å²) in [7, 11) is 0. The highest BCUT2D eigenvalue weighted by atomic mass is 35.5. The van der Waals surface area contributed by atoms with E-state index in [4.69, 9.17) is 23.2 Å². The SMILES string of the molecule is ClC1N=CC2(Cl)N=CN(C3CCCC3)C2=N1. The Morgan fingerprint density at radius 2 is 2.12 bits per heavy atom. The predicted molar refractivity (Wildman–Crippen MR) is 66.7 cm³/mol. The lowest BCUT2D eigenvalue weighted by Crippen LogP contribution is -2.45. The van der Waals surface area contributed by atoms with Crippen LogP contribution in [0.2, 0.25) is 0 Å². The van der Waals surface area contributed by atoms with Gasteiger partial charge in [-0.05, 0) is 12.8 Å². The van der Waals surface area contributed by atoms with Crippen molar-refractivity contribution in [1.82, 2.24) is 4.90 Å². The number of halogens is 2. The van der Waals surface area contributed by atoms with Crippen LogP contribution in [0.4, 0.5) is 0 Å². The van der Waals surface area contributed by atoms with Gasteiger partial charge in [0.1, 0.15) is 0 Å². The molecule has 3 rings (SSSR count). The second-order valence-corrected chi connectivity index (χ2v) is 5.27. The minimum Gasteiger partial charge on any atom is -0.315 e. The fourth-order valence-electron chi connectivity index (χ4n) is 2.43. The Hall–Kier alpha value is -0.610. The van der Waals surface area contributed by atoms with Crippen LogP contribution in [-0.4, -0.2) is 40.0 Å². The first-order valence-electron chi connectivity index (χ1n) is 5.48. The van der Waals surface area contributed by atoms with E-state index in [0.717, 1.165) is 5.84 Å². The third-order valence-corrected chi connectivity index (χ3v) is 3.82. The molecule has 2 heterocycles. The van der Waals surface area contributed by atoms with E-state index in [1.54, 1.807) is 12.6 Å². The van der Waals surface area contributed by atoms with Gasteiger partial charge in [-0.3, -0.25) is 4.99 Å². The van der Waals surface area contributed by atoms with Crippen molar-refractivity contribution in [2.45, 2.75) is 42.3 Å². The van der Waals surface area contributed by atoms with Gasteiger partial charge in [-0.1, -0.05) is 36.0 Å². The number of hydrogen-bond donors (Lipinski definition) is 0. The van der Waals surface area contributed by atoms with Crippen molar-refractivity contribution >= 4 is 41.6 Å². The van der Waals surface area contributed by atoms with E-state index < -0.39 is 10.6 Å². The monoisotopic (exact) mass is 258 g/mol. The molecule has 0 aromatic heterocycles. The summed E-state index contributed by atoms with van der Waals surface area (Å²) in [5.74, 6) is 0.732. The largest absolute Gasteiger partial charge is 0.315 e. The lowest BCUT2D eigenvalue weighted by Gasteiger charge is -2.28. The van der Waals surface area contributed by atoms with Gasteiger partial charge in [0.05, 0.1) is 12.6 Å². The summed E-state index contributed by atoms with van der Waals surface area (Å²) >= 11 is 12.2. The molecule has 0 bridgehead atoms. The quantitative estimate of drug-likeness (QED) is 0.525. The third-order valence-electron chi connectivity index (χ3n) is 3.24. The van der Waals surface area contributed by atoms with Gasteiger partial charge >= 0.3 is 0 Å². The molecule has 1 saturated carbocycles. The van der Waals surface area contributed by atoms with Crippen LogP contribution in [0.25, 0.3) is 0 Å². The maximum Gasteiger partial charge on any atom is 0.227 e. The van der Waals surface area contributed by atoms with E-state index in [9.17, 15) is 0 Å². The zero-order valence-corrected chi connectivity index (χ0v) is 10.2. The van der Waals surface area contributed by atoms with Crippen LogP contribution in [0.1, 0.15) is 25.7 Å². The Morgan fingerprint density at radius 3 is 2.88 bits per heavy atom. The third kappa shape index (κ3) is 1.55. The fourth-order valence-corrected chi connectivity index (χ4v) is 2.83. The maximum absolute atomic E-state index is 6.33. The average molecular weight is 259 g/mol. The van der Waals surface area contributed by atoms with E-state index in [1.165, 1.54) is 25.7 Å². The number of hydrogen-bond acceptors (Lipinski definition) is 4. The first-order chi connectivity index (χ1) is 7.69. The molecule has 0 aromatic rings. The molecule has 0 N–H and O–H groups in total. The number of amidine groups is 1. The lowest BCUT2D eigenvalue weighted by molar-refractivity contribution is 0.452. The highest BCUT2D eigenvalue weighted by Crippen LogP contribution is 2.33. The van der Waals surface area contributed by atoms with E-state index in [0.29, 0.717) is 6.04 Å². The lowest BCUT2D eigenvalue weighted by atomic mass is 10.2. The van der Waals surface area contributed by atoms with Gasteiger partial charge in [0.25, 0.3) is 0 Å². The predicted octanol–water partition coefficient (Wildman–Crippen LogP) is 2.21. The molecule has 0 amide bonds. The molecule has 86 valence electrons. The van der Waals surface area contributed by atoms with Gasteiger partial charge in [-0.2, -0.15) is 0 Å². The number of rotatable bonds is 1. The number of alkyl halides is 2. The molecule has 16 heavy (non-hydrogen) atoms. The maximum atomic E-state index is 6.33. The Morgan fingerprint density at radius 1 is 1.38 bits per heavy atom. The zero-order chi connectivity index (χ0) is 11.2. The summed E-state index contributed by atoms with van der Waals surface area (Å²) in [6.45, 7) is 0. The molecular formula is C10H12Cl2N4. The minimum atomic E-state index is -0.909. The molecule has 6 heteroatoms. The molecule has 2 unspecified atom stereocenters. The van der Waals surface area contributed by atoms with Crippen LogP contribution in [0.15, 0.2) is 15.0 Å². The van der Waals surface area contributed by atoms with E-state index in [2.05, 4.69) is 19.9 Å². The Bertz CT molecular complexity index is 386. The molecule has 4 nitrogen and oxygen atoms in total. The van der Waals surface area contributed by atoms with Crippen molar-refractivity contribution < 1.29 is 0 Å². The second-order valence-electron chi connectivity index (χ2n) is 4.31. The Balaban J connectivity index is 1.90. The topological polar surface area (TPSA) is 40.3 Å². The molecular weight excluding hydrogens is 247 g/mol. The van der Waals surface area contributed by atoms with Gasteiger partial charge in [0.2, 0.25) is 10.6 Å². The van der Waals surface area contributed by atoms with Crippen molar-refractivity contribution in [1.29, 1.82) is 0 Å². The number of aliphatic imine (C=N–C) groups is 3. The van der Waals surface area contributed by atoms with Crippen molar-refractivity contribution in [3.63, 3.8) is 0 Å². The van der Waals surface area contributed by atoms with Gasteiger partial charge in [0.15, 0.2) is 5.84 Å². The molecule has 3 aliphatic rings. The highest BCUT2D eigenvalue weighted by Gasteiger charge is 2.44. The number of fused-ring (bicyclic) bond motifs is 1. The van der Waals surface area contributed by atoms with Crippen molar-refractivity contribution in [3.05, 3.63) is 0 Å². The van der Waals surface area contributed by atoms with Gasteiger partial charge in [-0.15, -0.1) is 0 Å². The number of nitrogens with zero attached hydrogens (tertiary/aromatic N) is 4. The van der Waals surface area contributed by atoms with Crippen LogP contribution in [0.5, 0.6) is 0 Å². The molecule has 0 radical (unpaired) electrons. The molecule has 2 aliphatic heterocycles. The van der Waals surface area contributed by atoms with E-state index in [-0.39, 0.29) is 0 Å². The summed E-state index contributed by atoms with van der Waals surface area (Å²) in [6, 6.07) is 0.471. The summed E-state index contributed by atoms with van der Waals surface area (Å²) in [5.41, 5.74) is -0.563. The van der Waals surface area contributed by atoms with Crippen LogP contribution < -0.4 is 0 Å². The van der Waals surface area contributed by atoms with Gasteiger partial charge in [-0.25, -0.2) is 9.98 Å². The van der Waals surface area contributed by atoms with Crippen LogP contribution >= 0.6 is 23.2 Å². The molecule has 2 atom stereocenters. The molecule has 1 aliphatic carbocycles. The molecule has 0 aromatic carbocycles. The van der Waals surface area contributed by atoms with Crippen LogP contribution in [0.3, 0.4) is 0 Å². The van der Waals surface area contributed by atoms with Crippen molar-refractivity contribution in [2.24, 2.45) is 15.0 Å². The summed E-state index contributed by atoms with van der Waals surface area (Å²) in [5, 5.41) is 0. The van der Waals surface area contributed by atoms with E-state index in [1.807, 2.05) is 0 Å². The first kappa shape index (κ1) is 10.5. The Labute approximate surface area is 104 Å². The molecule has 0 spiro atoms. The zero-order valence-electron chi connectivity index (χ0n) is 8.68. The molecule has 1 fully saturated rings. The summed E-state index contributed by atoms with van der Waals surface area (Å²) in [4.78, 5) is 13.7. The van der Waals surface area contributed by atoms with Crippen molar-refractivity contribution in [2.75, 3.05) is 0 Å². The highest BCUT2D eigenvalue weighted by molar-refractivity contribution is 6.47. The van der Waals surface area contributed by atoms with Crippen LogP contribution in [0, 0.1) is 0 Å². The van der Waals surface area contributed by atoms with Gasteiger partial charge < -0.3 is 4.90 Å². The standard InChI is InChI=1S/C10H12Cl2N4/c11-9-13-5-10(12)8(15-9)16(6-14-10)7-3-1-2-4-7/h5-7,9H,1-4H2. The first-order valence-corrected chi connectivity index (χ1v) is 6.30. The van der Waals surface area contributed by atoms with Crippen LogP contribution in [-0.2, 0) is 0 Å². The fraction of sp³-hybridized carbons (Fsp3) is 0.700. The van der Waals surface area contributed by atoms with Gasteiger partial charge in [0, 0.05) is 6.04 Å². The summed E-state index contributed by atoms with van der Waals surface area (Å²) in [6.07, 6.45) is 8.22. The minimum absolute atomic E-state index is 0.471. The summed E-state index contributed by atoms with van der Waals surface area (Å²) < 4.78 is 0. The average Bonchev–Trinajstić information content (AvgIpc) is 2.85. The Kier molecular flexibility index (Phi) is 2.44. The van der Waals surface area contributed by atoms with Crippen molar-refractivity contribution in [3.8, 4) is 0 Å².